The molecule has 0 saturated carbocycles. The lowest BCUT2D eigenvalue weighted by Gasteiger charge is -2.07. The predicted molar refractivity (Wildman–Crippen MR) is 120 cm³/mol. The quantitative estimate of drug-likeness (QED) is 0.439. The van der Waals surface area contributed by atoms with Crippen LogP contribution in [0.2, 0.25) is 0 Å². The molecule has 0 atom stereocenters. The van der Waals surface area contributed by atoms with Crippen molar-refractivity contribution < 1.29 is 14.3 Å². The van der Waals surface area contributed by atoms with Gasteiger partial charge < -0.3 is 9.47 Å². The maximum absolute atomic E-state index is 12.7. The van der Waals surface area contributed by atoms with Crippen molar-refractivity contribution in [3.05, 3.63) is 52.9 Å². The molecule has 0 aliphatic carbocycles. The number of anilines is 1. The number of H-pyrrole nitrogens is 1. The number of aryl methyl sites for hydroxylation is 2. The van der Waals surface area contributed by atoms with Crippen LogP contribution in [0.1, 0.15) is 13.3 Å². The molecule has 0 bridgehead atoms. The Labute approximate surface area is 183 Å². The molecule has 166 valence electrons. The molecule has 4 aromatic rings. The van der Waals surface area contributed by atoms with E-state index >= 15 is 0 Å². The van der Waals surface area contributed by atoms with E-state index in [-0.39, 0.29) is 30.5 Å². The minimum absolute atomic E-state index is 0.105. The van der Waals surface area contributed by atoms with Crippen LogP contribution >= 0.6 is 0 Å². The van der Waals surface area contributed by atoms with Gasteiger partial charge in [-0.1, -0.05) is 12.1 Å². The molecular weight excluding hydrogens is 412 g/mol. The van der Waals surface area contributed by atoms with Crippen molar-refractivity contribution >= 4 is 22.9 Å². The number of fused-ring (bicyclic) bond motifs is 1. The molecule has 32 heavy (non-hydrogen) atoms. The van der Waals surface area contributed by atoms with Gasteiger partial charge >= 0.3 is 5.69 Å². The molecule has 0 unspecified atom stereocenters. The lowest BCUT2D eigenvalue weighted by Crippen LogP contribution is -2.25. The summed E-state index contributed by atoms with van der Waals surface area (Å²) in [6.45, 7) is 2.73. The molecule has 2 aromatic carbocycles. The predicted octanol–water partition coefficient (Wildman–Crippen LogP) is 2.65. The number of imidazole rings is 1. The molecule has 10 heteroatoms. The second-order valence-electron chi connectivity index (χ2n) is 7.04. The summed E-state index contributed by atoms with van der Waals surface area (Å²) in [4.78, 5) is 29.5. The van der Waals surface area contributed by atoms with E-state index in [0.29, 0.717) is 29.4 Å². The van der Waals surface area contributed by atoms with Gasteiger partial charge in [-0.15, -0.1) is 5.10 Å². The monoisotopic (exact) mass is 436 g/mol. The van der Waals surface area contributed by atoms with Crippen molar-refractivity contribution in [2.45, 2.75) is 26.4 Å². The number of nitrogens with one attached hydrogen (secondary N) is 2. The van der Waals surface area contributed by atoms with Gasteiger partial charge in [0, 0.05) is 25.6 Å². The Kier molecular flexibility index (Phi) is 5.93. The van der Waals surface area contributed by atoms with E-state index in [9.17, 15) is 9.59 Å². The summed E-state index contributed by atoms with van der Waals surface area (Å²) in [5.74, 6) is 1.51. The first-order valence-corrected chi connectivity index (χ1v) is 10.2. The first-order chi connectivity index (χ1) is 15.5. The third-order valence-corrected chi connectivity index (χ3v) is 5.20. The first kappa shape index (κ1) is 21.2. The zero-order chi connectivity index (χ0) is 22.7. The minimum atomic E-state index is -0.294. The molecule has 0 fully saturated rings. The van der Waals surface area contributed by atoms with Gasteiger partial charge in [-0.3, -0.25) is 24.3 Å². The average molecular weight is 436 g/mol. The number of para-hydroxylation sites is 2. The number of hydrogen-bond donors (Lipinski definition) is 2. The van der Waals surface area contributed by atoms with E-state index < -0.39 is 0 Å². The highest BCUT2D eigenvalue weighted by Gasteiger charge is 2.15. The van der Waals surface area contributed by atoms with Gasteiger partial charge in [0.25, 0.3) is 0 Å². The highest BCUT2D eigenvalue weighted by Crippen LogP contribution is 2.31. The van der Waals surface area contributed by atoms with Crippen molar-refractivity contribution in [3.8, 4) is 22.9 Å². The Bertz CT molecular complexity index is 1320. The number of methoxy groups -OCH3 is 2. The van der Waals surface area contributed by atoms with Crippen LogP contribution in [0.5, 0.6) is 11.5 Å². The molecule has 2 N–H and O–H groups in total. The molecule has 0 radical (unpaired) electrons. The molecule has 2 heterocycles. The number of rotatable bonds is 8. The van der Waals surface area contributed by atoms with Crippen LogP contribution in [0.25, 0.3) is 22.4 Å². The van der Waals surface area contributed by atoms with E-state index in [1.165, 1.54) is 0 Å². The van der Waals surface area contributed by atoms with Crippen molar-refractivity contribution in [1.82, 2.24) is 24.3 Å². The number of nitrogens with zero attached hydrogens (tertiary/aromatic N) is 4. The number of amides is 1. The smallest absolute Gasteiger partial charge is 0.329 e. The lowest BCUT2D eigenvalue weighted by molar-refractivity contribution is -0.116. The average Bonchev–Trinajstić information content (AvgIpc) is 3.38. The van der Waals surface area contributed by atoms with Crippen molar-refractivity contribution in [3.63, 3.8) is 0 Å². The van der Waals surface area contributed by atoms with Gasteiger partial charge in [0.15, 0.2) is 5.82 Å². The van der Waals surface area contributed by atoms with Gasteiger partial charge in [-0.25, -0.2) is 4.79 Å². The van der Waals surface area contributed by atoms with Crippen LogP contribution < -0.4 is 20.5 Å². The largest absolute Gasteiger partial charge is 0.497 e. The van der Waals surface area contributed by atoms with E-state index in [1.807, 2.05) is 31.2 Å². The number of ether oxygens (including phenoxy) is 2. The van der Waals surface area contributed by atoms with Crippen LogP contribution in [0.15, 0.2) is 47.3 Å². The van der Waals surface area contributed by atoms with Crippen LogP contribution in [-0.4, -0.2) is 44.4 Å². The summed E-state index contributed by atoms with van der Waals surface area (Å²) in [5.41, 5.74) is 2.21. The van der Waals surface area contributed by atoms with E-state index in [2.05, 4.69) is 20.5 Å². The van der Waals surface area contributed by atoms with E-state index in [1.54, 1.807) is 41.6 Å². The van der Waals surface area contributed by atoms with E-state index in [4.69, 9.17) is 9.47 Å². The standard InChI is InChI=1S/C22H24N6O4/c1-4-27-16-7-5-6-8-17(16)28(22(27)30)12-11-19(29)23-21-24-20(25-26-21)15-10-9-14(31-2)13-18(15)32-3/h5-10,13H,4,11-12H2,1-3H3,(H2,23,24,25,26,29). The Balaban J connectivity index is 1.47. The van der Waals surface area contributed by atoms with E-state index in [0.717, 1.165) is 11.0 Å². The Hall–Kier alpha value is -4.08. The number of aromatic amines is 1. The molecule has 1 amide bonds. The summed E-state index contributed by atoms with van der Waals surface area (Å²) in [7, 11) is 3.12. The van der Waals surface area contributed by atoms with Crippen LogP contribution in [0.4, 0.5) is 5.95 Å². The minimum Gasteiger partial charge on any atom is -0.497 e. The molecule has 0 saturated heterocycles. The normalized spacial score (nSPS) is 11.0. The second kappa shape index (κ2) is 8.96. The number of carbonyl (C=O) groups excluding carboxylic acids is 1. The molecule has 0 aliphatic heterocycles. The van der Waals surface area contributed by atoms with Gasteiger partial charge in [0.05, 0.1) is 30.8 Å². The molecule has 10 nitrogen and oxygen atoms in total. The zero-order valence-corrected chi connectivity index (χ0v) is 18.1. The van der Waals surface area contributed by atoms with Gasteiger partial charge in [0.2, 0.25) is 11.9 Å². The Morgan fingerprint density at radius 1 is 1.09 bits per heavy atom. The Morgan fingerprint density at radius 2 is 1.84 bits per heavy atom. The Morgan fingerprint density at radius 3 is 2.53 bits per heavy atom. The van der Waals surface area contributed by atoms with Crippen LogP contribution in [0, 0.1) is 0 Å². The fraction of sp³-hybridized carbons (Fsp3) is 0.273. The third kappa shape index (κ3) is 3.94. The number of aromatic nitrogens is 5. The van der Waals surface area contributed by atoms with Crippen molar-refractivity contribution in [2.75, 3.05) is 19.5 Å². The lowest BCUT2D eigenvalue weighted by atomic mass is 10.2. The zero-order valence-electron chi connectivity index (χ0n) is 18.1. The molecular formula is C22H24N6O4. The molecule has 0 spiro atoms. The highest BCUT2D eigenvalue weighted by atomic mass is 16.5. The fourth-order valence-electron chi connectivity index (χ4n) is 3.63. The van der Waals surface area contributed by atoms with Crippen LogP contribution in [0.3, 0.4) is 0 Å². The summed E-state index contributed by atoms with van der Waals surface area (Å²) in [6.07, 6.45) is 0.105. The highest BCUT2D eigenvalue weighted by molar-refractivity contribution is 5.89. The topological polar surface area (TPSA) is 116 Å². The maximum atomic E-state index is 12.7. The fourth-order valence-corrected chi connectivity index (χ4v) is 3.63. The van der Waals surface area contributed by atoms with Crippen LogP contribution in [-0.2, 0) is 17.9 Å². The SMILES string of the molecule is CCn1c(=O)n(CCC(=O)Nc2n[nH]c(-c3ccc(OC)cc3OC)n2)c2ccccc21. The molecule has 2 aromatic heterocycles. The summed E-state index contributed by atoms with van der Waals surface area (Å²) in [6, 6.07) is 12.9. The van der Waals surface area contributed by atoms with Crippen molar-refractivity contribution in [2.24, 2.45) is 0 Å². The molecule has 0 aliphatic rings. The number of benzene rings is 2. The summed E-state index contributed by atoms with van der Waals surface area (Å²) >= 11 is 0. The number of carbonyl (C=O) groups is 1. The summed E-state index contributed by atoms with van der Waals surface area (Å²) in [5, 5.41) is 9.54. The number of hydrogen-bond acceptors (Lipinski definition) is 6. The van der Waals surface area contributed by atoms with Gasteiger partial charge in [0.1, 0.15) is 11.5 Å². The van der Waals surface area contributed by atoms with Gasteiger partial charge in [-0.2, -0.15) is 4.98 Å². The van der Waals surface area contributed by atoms with Gasteiger partial charge in [-0.05, 0) is 31.2 Å². The van der Waals surface area contributed by atoms with Crippen molar-refractivity contribution in [1.29, 1.82) is 0 Å². The molecule has 4 rings (SSSR count). The summed E-state index contributed by atoms with van der Waals surface area (Å²) < 4.78 is 13.9. The maximum Gasteiger partial charge on any atom is 0.329 e. The first-order valence-electron chi connectivity index (χ1n) is 10.2. The second-order valence-corrected chi connectivity index (χ2v) is 7.04. The third-order valence-electron chi connectivity index (χ3n) is 5.20.